The van der Waals surface area contributed by atoms with Gasteiger partial charge in [-0.3, -0.25) is 4.98 Å². The van der Waals surface area contributed by atoms with Crippen LogP contribution in [-0.4, -0.2) is 17.6 Å². The van der Waals surface area contributed by atoms with E-state index in [4.69, 9.17) is 0 Å². The normalized spacial score (nSPS) is 29.8. The second kappa shape index (κ2) is 6.91. The predicted octanol–water partition coefficient (Wildman–Crippen LogP) is 4.06. The molecule has 0 aromatic carbocycles. The Kier molecular flexibility index (Phi) is 4.95. The molecule has 2 fully saturated rings. The van der Waals surface area contributed by atoms with Gasteiger partial charge in [0.25, 0.3) is 0 Å². The number of nitrogens with one attached hydrogen (secondary N) is 1. The van der Waals surface area contributed by atoms with Crippen molar-refractivity contribution in [1.29, 1.82) is 0 Å². The highest BCUT2D eigenvalue weighted by molar-refractivity contribution is 5.05. The molecule has 3 atom stereocenters. The number of hydrogen-bond donors (Lipinski definition) is 1. The van der Waals surface area contributed by atoms with Crippen molar-refractivity contribution < 1.29 is 0 Å². The van der Waals surface area contributed by atoms with E-state index in [1.807, 2.05) is 12.3 Å². The predicted molar refractivity (Wildman–Crippen MR) is 88.1 cm³/mol. The summed E-state index contributed by atoms with van der Waals surface area (Å²) < 4.78 is 0. The molecule has 2 aliphatic rings. The molecule has 1 heterocycles. The Morgan fingerprint density at radius 3 is 2.67 bits per heavy atom. The molecule has 0 radical (unpaired) electrons. The second-order valence-corrected chi connectivity index (χ2v) is 7.55. The molecule has 0 saturated heterocycles. The fourth-order valence-corrected chi connectivity index (χ4v) is 3.88. The number of hydrogen-bond acceptors (Lipinski definition) is 2. The Morgan fingerprint density at radius 1 is 1.14 bits per heavy atom. The van der Waals surface area contributed by atoms with Crippen molar-refractivity contribution in [2.75, 3.05) is 6.54 Å². The Hall–Kier alpha value is -0.890. The van der Waals surface area contributed by atoms with Crippen molar-refractivity contribution in [1.82, 2.24) is 10.3 Å². The summed E-state index contributed by atoms with van der Waals surface area (Å²) in [6.07, 6.45) is 10.1. The van der Waals surface area contributed by atoms with Gasteiger partial charge < -0.3 is 5.32 Å². The molecule has 0 bridgehead atoms. The van der Waals surface area contributed by atoms with Gasteiger partial charge in [-0.2, -0.15) is 0 Å². The van der Waals surface area contributed by atoms with Gasteiger partial charge in [-0.25, -0.2) is 0 Å². The Labute approximate surface area is 129 Å². The van der Waals surface area contributed by atoms with Crippen LogP contribution in [0, 0.1) is 23.7 Å². The zero-order valence-corrected chi connectivity index (χ0v) is 13.6. The smallest absolute Gasteiger partial charge is 0.0406 e. The van der Waals surface area contributed by atoms with Gasteiger partial charge in [0.15, 0.2) is 0 Å². The monoisotopic (exact) mass is 286 g/mol. The zero-order valence-electron chi connectivity index (χ0n) is 13.6. The summed E-state index contributed by atoms with van der Waals surface area (Å²) in [6, 6.07) is 7.18. The van der Waals surface area contributed by atoms with Crippen LogP contribution >= 0.6 is 0 Å². The minimum Gasteiger partial charge on any atom is -0.314 e. The fraction of sp³-hybridized carbons (Fsp3) is 0.737. The molecule has 1 aromatic rings. The topological polar surface area (TPSA) is 24.9 Å². The quantitative estimate of drug-likeness (QED) is 0.853. The molecule has 2 aliphatic carbocycles. The molecule has 3 rings (SSSR count). The van der Waals surface area contributed by atoms with Gasteiger partial charge in [-0.05, 0) is 80.9 Å². The van der Waals surface area contributed by atoms with E-state index in [9.17, 15) is 0 Å². The third-order valence-electron chi connectivity index (χ3n) is 5.57. The van der Waals surface area contributed by atoms with Gasteiger partial charge in [0.05, 0.1) is 0 Å². The lowest BCUT2D eigenvalue weighted by atomic mass is 9.69. The van der Waals surface area contributed by atoms with Crippen LogP contribution in [0.2, 0.25) is 0 Å². The van der Waals surface area contributed by atoms with E-state index in [1.54, 1.807) is 0 Å². The van der Waals surface area contributed by atoms with E-state index in [0.717, 1.165) is 29.7 Å². The number of pyridine rings is 1. The van der Waals surface area contributed by atoms with Crippen molar-refractivity contribution in [2.24, 2.45) is 23.7 Å². The van der Waals surface area contributed by atoms with Crippen molar-refractivity contribution in [2.45, 2.75) is 58.4 Å². The summed E-state index contributed by atoms with van der Waals surface area (Å²) in [7, 11) is 0. The third-order valence-corrected chi connectivity index (χ3v) is 5.57. The number of nitrogens with zero attached hydrogens (tertiary/aromatic N) is 1. The van der Waals surface area contributed by atoms with Crippen molar-refractivity contribution in [3.8, 4) is 0 Å². The Balaban J connectivity index is 1.62. The largest absolute Gasteiger partial charge is 0.314 e. The minimum atomic E-state index is 0.812. The van der Waals surface area contributed by atoms with E-state index in [0.29, 0.717) is 0 Å². The molecule has 2 saturated carbocycles. The molecule has 1 N–H and O–H groups in total. The molecular formula is C19H30N2. The molecule has 2 heteroatoms. The van der Waals surface area contributed by atoms with E-state index in [-0.39, 0.29) is 0 Å². The number of rotatable bonds is 6. The van der Waals surface area contributed by atoms with E-state index >= 15 is 0 Å². The first-order valence-corrected chi connectivity index (χ1v) is 8.85. The average molecular weight is 286 g/mol. The summed E-state index contributed by atoms with van der Waals surface area (Å²) in [4.78, 5) is 4.56. The highest BCUT2D eigenvalue weighted by Crippen LogP contribution is 2.39. The lowest BCUT2D eigenvalue weighted by Gasteiger charge is -2.38. The maximum Gasteiger partial charge on any atom is 0.0406 e. The SMILES string of the molecule is CC(C)C1CCC(CNC2CC2)C(Cc2ccccn2)C1. The molecule has 0 amide bonds. The summed E-state index contributed by atoms with van der Waals surface area (Å²) >= 11 is 0. The summed E-state index contributed by atoms with van der Waals surface area (Å²) in [6.45, 7) is 6.02. The van der Waals surface area contributed by atoms with Crippen LogP contribution in [-0.2, 0) is 6.42 Å². The lowest BCUT2D eigenvalue weighted by molar-refractivity contribution is 0.143. The molecule has 0 aliphatic heterocycles. The second-order valence-electron chi connectivity index (χ2n) is 7.55. The van der Waals surface area contributed by atoms with Crippen LogP contribution < -0.4 is 5.32 Å². The highest BCUT2D eigenvalue weighted by atomic mass is 14.9. The molecular weight excluding hydrogens is 256 g/mol. The lowest BCUT2D eigenvalue weighted by Crippen LogP contribution is -2.36. The highest BCUT2D eigenvalue weighted by Gasteiger charge is 2.33. The third kappa shape index (κ3) is 4.29. The summed E-state index contributed by atoms with van der Waals surface area (Å²) in [5.41, 5.74) is 1.28. The average Bonchev–Trinajstić information content (AvgIpc) is 3.31. The minimum absolute atomic E-state index is 0.812. The first-order valence-electron chi connectivity index (χ1n) is 8.85. The molecule has 0 spiro atoms. The standard InChI is InChI=1S/C19H30N2/c1-14(2)15-6-7-16(13-21-18-8-9-18)17(11-15)12-19-5-3-4-10-20-19/h3-5,10,14-18,21H,6-9,11-13H2,1-2H3. The van der Waals surface area contributed by atoms with Crippen molar-refractivity contribution >= 4 is 0 Å². The maximum atomic E-state index is 4.56. The van der Waals surface area contributed by atoms with Crippen LogP contribution in [0.4, 0.5) is 0 Å². The fourth-order valence-electron chi connectivity index (χ4n) is 3.88. The van der Waals surface area contributed by atoms with E-state index in [2.05, 4.69) is 36.3 Å². The van der Waals surface area contributed by atoms with Crippen molar-refractivity contribution in [3.05, 3.63) is 30.1 Å². The molecule has 3 unspecified atom stereocenters. The van der Waals surface area contributed by atoms with Crippen LogP contribution in [0.25, 0.3) is 0 Å². The van der Waals surface area contributed by atoms with E-state index in [1.165, 1.54) is 50.8 Å². The van der Waals surface area contributed by atoms with Crippen LogP contribution in [0.15, 0.2) is 24.4 Å². The van der Waals surface area contributed by atoms with Gasteiger partial charge in [0.2, 0.25) is 0 Å². The van der Waals surface area contributed by atoms with Crippen LogP contribution in [0.3, 0.4) is 0 Å². The molecule has 21 heavy (non-hydrogen) atoms. The van der Waals surface area contributed by atoms with Gasteiger partial charge >= 0.3 is 0 Å². The van der Waals surface area contributed by atoms with Crippen LogP contribution in [0.1, 0.15) is 51.6 Å². The molecule has 116 valence electrons. The first kappa shape index (κ1) is 15.0. The summed E-state index contributed by atoms with van der Waals surface area (Å²) in [5.74, 6) is 3.40. The molecule has 1 aromatic heterocycles. The molecule has 2 nitrogen and oxygen atoms in total. The Morgan fingerprint density at radius 2 is 2.00 bits per heavy atom. The first-order chi connectivity index (χ1) is 10.2. The van der Waals surface area contributed by atoms with E-state index < -0.39 is 0 Å². The number of aromatic nitrogens is 1. The van der Waals surface area contributed by atoms with Gasteiger partial charge in [0, 0.05) is 17.9 Å². The Bertz CT molecular complexity index is 424. The maximum absolute atomic E-state index is 4.56. The zero-order chi connectivity index (χ0) is 14.7. The van der Waals surface area contributed by atoms with Gasteiger partial charge in [-0.1, -0.05) is 19.9 Å². The van der Waals surface area contributed by atoms with Gasteiger partial charge in [0.1, 0.15) is 0 Å². The van der Waals surface area contributed by atoms with Gasteiger partial charge in [-0.15, -0.1) is 0 Å². The van der Waals surface area contributed by atoms with Crippen LogP contribution in [0.5, 0.6) is 0 Å². The van der Waals surface area contributed by atoms with Crippen molar-refractivity contribution in [3.63, 3.8) is 0 Å². The summed E-state index contributed by atoms with van der Waals surface area (Å²) in [5, 5.41) is 3.77.